The van der Waals surface area contributed by atoms with Crippen molar-refractivity contribution < 1.29 is 5.11 Å². The van der Waals surface area contributed by atoms with Gasteiger partial charge in [-0.1, -0.05) is 24.0 Å². The van der Waals surface area contributed by atoms with Crippen LogP contribution in [0.15, 0.2) is 48.8 Å². The molecule has 0 spiro atoms. The summed E-state index contributed by atoms with van der Waals surface area (Å²) < 4.78 is 0. The van der Waals surface area contributed by atoms with Crippen molar-refractivity contribution in [3.8, 4) is 17.6 Å². The topological polar surface area (TPSA) is 33.1 Å². The van der Waals surface area contributed by atoms with Crippen LogP contribution in [-0.4, -0.2) is 10.1 Å². The molecule has 1 aromatic carbocycles. The maximum atomic E-state index is 9.47. The molecule has 0 bridgehead atoms. The maximum absolute atomic E-state index is 9.47. The number of phenolic OH excluding ortho intramolecular Hbond substituents is 1. The molecule has 0 atom stereocenters. The Morgan fingerprint density at radius 2 is 1.67 bits per heavy atom. The van der Waals surface area contributed by atoms with E-state index in [-0.39, 0.29) is 5.75 Å². The highest BCUT2D eigenvalue weighted by Crippen LogP contribution is 2.13. The molecule has 15 heavy (non-hydrogen) atoms. The van der Waals surface area contributed by atoms with Gasteiger partial charge in [-0.15, -0.1) is 0 Å². The SMILES string of the molecule is Oc1ccccc1C#Cc1ccncc1. The minimum Gasteiger partial charge on any atom is -0.507 e. The molecule has 0 unspecified atom stereocenters. The number of aromatic hydroxyl groups is 1. The lowest BCUT2D eigenvalue weighted by atomic mass is 10.2. The van der Waals surface area contributed by atoms with Gasteiger partial charge in [0.05, 0.1) is 5.56 Å². The Morgan fingerprint density at radius 3 is 2.40 bits per heavy atom. The summed E-state index contributed by atoms with van der Waals surface area (Å²) in [6.45, 7) is 0. The second kappa shape index (κ2) is 4.30. The summed E-state index contributed by atoms with van der Waals surface area (Å²) in [5, 5.41) is 9.47. The van der Waals surface area contributed by atoms with E-state index in [9.17, 15) is 5.11 Å². The fraction of sp³-hybridized carbons (Fsp3) is 0. The van der Waals surface area contributed by atoms with Gasteiger partial charge in [0, 0.05) is 18.0 Å². The van der Waals surface area contributed by atoms with E-state index in [4.69, 9.17) is 0 Å². The molecule has 1 aromatic heterocycles. The third kappa shape index (κ3) is 2.35. The lowest BCUT2D eigenvalue weighted by Crippen LogP contribution is -1.77. The third-order valence-electron chi connectivity index (χ3n) is 1.93. The fourth-order valence-corrected chi connectivity index (χ4v) is 1.15. The second-order valence-corrected chi connectivity index (χ2v) is 3.00. The summed E-state index contributed by atoms with van der Waals surface area (Å²) in [6, 6.07) is 10.7. The van der Waals surface area contributed by atoms with Gasteiger partial charge in [-0.3, -0.25) is 4.98 Å². The summed E-state index contributed by atoms with van der Waals surface area (Å²) >= 11 is 0. The van der Waals surface area contributed by atoms with Gasteiger partial charge in [0.1, 0.15) is 5.75 Å². The van der Waals surface area contributed by atoms with Crippen molar-refractivity contribution in [2.75, 3.05) is 0 Å². The molecular weight excluding hydrogens is 186 g/mol. The minimum absolute atomic E-state index is 0.207. The van der Waals surface area contributed by atoms with Crippen LogP contribution in [0.4, 0.5) is 0 Å². The molecule has 2 rings (SSSR count). The average Bonchev–Trinajstić information content (AvgIpc) is 2.29. The third-order valence-corrected chi connectivity index (χ3v) is 1.93. The van der Waals surface area contributed by atoms with Crippen LogP contribution in [-0.2, 0) is 0 Å². The van der Waals surface area contributed by atoms with E-state index in [0.29, 0.717) is 5.56 Å². The molecule has 2 nitrogen and oxygen atoms in total. The molecule has 0 saturated carbocycles. The van der Waals surface area contributed by atoms with Crippen molar-refractivity contribution in [3.05, 3.63) is 59.9 Å². The molecule has 0 fully saturated rings. The largest absolute Gasteiger partial charge is 0.507 e. The number of hydrogen-bond acceptors (Lipinski definition) is 2. The van der Waals surface area contributed by atoms with Crippen molar-refractivity contribution in [3.63, 3.8) is 0 Å². The van der Waals surface area contributed by atoms with Crippen LogP contribution in [0, 0.1) is 11.8 Å². The summed E-state index contributed by atoms with van der Waals surface area (Å²) in [4.78, 5) is 3.90. The molecule has 0 aliphatic heterocycles. The maximum Gasteiger partial charge on any atom is 0.131 e. The Kier molecular flexibility index (Phi) is 2.66. The Balaban J connectivity index is 2.31. The van der Waals surface area contributed by atoms with E-state index in [1.165, 1.54) is 0 Å². The minimum atomic E-state index is 0.207. The highest BCUT2D eigenvalue weighted by atomic mass is 16.3. The fourth-order valence-electron chi connectivity index (χ4n) is 1.15. The number of phenols is 1. The molecule has 1 heterocycles. The van der Waals surface area contributed by atoms with Crippen LogP contribution in [0.1, 0.15) is 11.1 Å². The predicted molar refractivity (Wildman–Crippen MR) is 58.3 cm³/mol. The first-order valence-corrected chi connectivity index (χ1v) is 4.56. The summed E-state index contributed by atoms with van der Waals surface area (Å²) in [6.07, 6.45) is 3.38. The van der Waals surface area contributed by atoms with Crippen LogP contribution >= 0.6 is 0 Å². The van der Waals surface area contributed by atoms with E-state index >= 15 is 0 Å². The molecule has 0 saturated heterocycles. The second-order valence-electron chi connectivity index (χ2n) is 3.00. The highest BCUT2D eigenvalue weighted by molar-refractivity contribution is 5.48. The van der Waals surface area contributed by atoms with Crippen LogP contribution < -0.4 is 0 Å². The number of nitrogens with zero attached hydrogens (tertiary/aromatic N) is 1. The first-order chi connectivity index (χ1) is 7.36. The molecule has 0 aliphatic carbocycles. The normalized spacial score (nSPS) is 9.07. The smallest absolute Gasteiger partial charge is 0.131 e. The Morgan fingerprint density at radius 1 is 0.933 bits per heavy atom. The molecule has 0 aliphatic rings. The van der Waals surface area contributed by atoms with Gasteiger partial charge in [-0.05, 0) is 24.3 Å². The number of para-hydroxylation sites is 1. The number of benzene rings is 1. The zero-order chi connectivity index (χ0) is 10.5. The quantitative estimate of drug-likeness (QED) is 0.653. The van der Waals surface area contributed by atoms with E-state index in [0.717, 1.165) is 5.56 Å². The average molecular weight is 195 g/mol. The Hall–Kier alpha value is -2.27. The van der Waals surface area contributed by atoms with Crippen molar-refractivity contribution in [2.24, 2.45) is 0 Å². The molecule has 72 valence electrons. The van der Waals surface area contributed by atoms with E-state index in [1.54, 1.807) is 30.6 Å². The van der Waals surface area contributed by atoms with E-state index in [2.05, 4.69) is 16.8 Å². The number of rotatable bonds is 0. The van der Waals surface area contributed by atoms with Crippen molar-refractivity contribution in [1.82, 2.24) is 4.98 Å². The lowest BCUT2D eigenvalue weighted by molar-refractivity contribution is 0.473. The highest BCUT2D eigenvalue weighted by Gasteiger charge is 1.93. The first-order valence-electron chi connectivity index (χ1n) is 4.56. The Bertz CT molecular complexity index is 509. The summed E-state index contributed by atoms with van der Waals surface area (Å²) in [5.41, 5.74) is 1.52. The first kappa shape index (κ1) is 9.29. The zero-order valence-electron chi connectivity index (χ0n) is 8.01. The molecule has 0 radical (unpaired) electrons. The lowest BCUT2D eigenvalue weighted by Gasteiger charge is -1.93. The van der Waals surface area contributed by atoms with Crippen LogP contribution in [0.2, 0.25) is 0 Å². The molecular formula is C13H9NO. The summed E-state index contributed by atoms with van der Waals surface area (Å²) in [5.74, 6) is 6.06. The molecule has 2 heteroatoms. The van der Waals surface area contributed by atoms with Crippen LogP contribution in [0.3, 0.4) is 0 Å². The van der Waals surface area contributed by atoms with Crippen LogP contribution in [0.25, 0.3) is 0 Å². The summed E-state index contributed by atoms with van der Waals surface area (Å²) in [7, 11) is 0. The monoisotopic (exact) mass is 195 g/mol. The number of aromatic nitrogens is 1. The molecule has 2 aromatic rings. The van der Waals surface area contributed by atoms with Gasteiger partial charge in [0.15, 0.2) is 0 Å². The predicted octanol–water partition coefficient (Wildman–Crippen LogP) is 2.19. The van der Waals surface area contributed by atoms with Crippen molar-refractivity contribution >= 4 is 0 Å². The number of hydrogen-bond donors (Lipinski definition) is 1. The Labute approximate surface area is 88.2 Å². The van der Waals surface area contributed by atoms with Crippen LogP contribution in [0.5, 0.6) is 5.75 Å². The van der Waals surface area contributed by atoms with Crippen molar-refractivity contribution in [2.45, 2.75) is 0 Å². The number of pyridine rings is 1. The van der Waals surface area contributed by atoms with Gasteiger partial charge >= 0.3 is 0 Å². The van der Waals surface area contributed by atoms with Gasteiger partial charge in [-0.25, -0.2) is 0 Å². The van der Waals surface area contributed by atoms with Gasteiger partial charge in [0.25, 0.3) is 0 Å². The van der Waals surface area contributed by atoms with E-state index < -0.39 is 0 Å². The van der Waals surface area contributed by atoms with Gasteiger partial charge in [-0.2, -0.15) is 0 Å². The van der Waals surface area contributed by atoms with Crippen molar-refractivity contribution in [1.29, 1.82) is 0 Å². The van der Waals surface area contributed by atoms with E-state index in [1.807, 2.05) is 18.2 Å². The molecule has 0 amide bonds. The standard InChI is InChI=1S/C13H9NO/c15-13-4-2-1-3-12(13)6-5-11-7-9-14-10-8-11/h1-4,7-10,15H. The van der Waals surface area contributed by atoms with Gasteiger partial charge < -0.3 is 5.11 Å². The molecule has 1 N–H and O–H groups in total. The van der Waals surface area contributed by atoms with Gasteiger partial charge in [0.2, 0.25) is 0 Å². The zero-order valence-corrected chi connectivity index (χ0v) is 8.01.